The van der Waals surface area contributed by atoms with Gasteiger partial charge in [0, 0.05) is 24.7 Å². The van der Waals surface area contributed by atoms with E-state index in [9.17, 15) is 18.5 Å². The number of halogens is 1. The number of nitrogens with zero attached hydrogens (tertiary/aromatic N) is 2. The Bertz CT molecular complexity index is 1120. The molecular formula is C23H26ClN3O4S. The van der Waals surface area contributed by atoms with E-state index in [4.69, 9.17) is 16.3 Å². The van der Waals surface area contributed by atoms with Gasteiger partial charge in [0.05, 0.1) is 22.1 Å². The lowest BCUT2D eigenvalue weighted by atomic mass is 9.97. The molecular weight excluding hydrogens is 450 g/mol. The van der Waals surface area contributed by atoms with Crippen LogP contribution in [0.15, 0.2) is 47.4 Å². The highest BCUT2D eigenvalue weighted by molar-refractivity contribution is 7.89. The zero-order valence-electron chi connectivity index (χ0n) is 18.0. The number of amides is 1. The second-order valence-electron chi connectivity index (χ2n) is 8.13. The highest BCUT2D eigenvalue weighted by atomic mass is 35.5. The standard InChI is InChI=1S/C23H26ClN3O4S/c1-16(2)15-31-21-8-7-19(13-20(21)24)26-23(28)17-9-11-27(12-10-17)32(29,30)22-6-4-3-5-18(22)14-25/h3-8,13,16-17H,9-12,15H2,1-2H3,(H,26,28). The van der Waals surface area contributed by atoms with Crippen molar-refractivity contribution in [2.75, 3.05) is 25.0 Å². The summed E-state index contributed by atoms with van der Waals surface area (Å²) in [5.74, 6) is 0.442. The van der Waals surface area contributed by atoms with E-state index in [0.29, 0.717) is 41.8 Å². The zero-order chi connectivity index (χ0) is 23.3. The van der Waals surface area contributed by atoms with Crippen molar-refractivity contribution in [1.29, 1.82) is 5.26 Å². The molecule has 1 amide bonds. The second-order valence-corrected chi connectivity index (χ2v) is 10.4. The third-order valence-corrected chi connectivity index (χ3v) is 7.47. The van der Waals surface area contributed by atoms with Gasteiger partial charge in [-0.15, -0.1) is 0 Å². The molecule has 0 aliphatic carbocycles. The van der Waals surface area contributed by atoms with Crippen molar-refractivity contribution >= 4 is 33.2 Å². The molecule has 1 heterocycles. The van der Waals surface area contributed by atoms with Crippen molar-refractivity contribution in [2.24, 2.45) is 11.8 Å². The molecule has 0 unspecified atom stereocenters. The van der Waals surface area contributed by atoms with Crippen molar-refractivity contribution in [3.05, 3.63) is 53.1 Å². The van der Waals surface area contributed by atoms with Crippen LogP contribution in [0.1, 0.15) is 32.3 Å². The minimum Gasteiger partial charge on any atom is -0.492 e. The SMILES string of the molecule is CC(C)COc1ccc(NC(=O)C2CCN(S(=O)(=O)c3ccccc3C#N)CC2)cc1Cl. The van der Waals surface area contributed by atoms with Gasteiger partial charge < -0.3 is 10.1 Å². The Balaban J connectivity index is 1.60. The van der Waals surface area contributed by atoms with Crippen LogP contribution in [0.3, 0.4) is 0 Å². The molecule has 9 heteroatoms. The number of ether oxygens (including phenoxy) is 1. The van der Waals surface area contributed by atoms with Crippen LogP contribution in [-0.4, -0.2) is 38.3 Å². The van der Waals surface area contributed by atoms with Crippen LogP contribution in [0.4, 0.5) is 5.69 Å². The van der Waals surface area contributed by atoms with Crippen molar-refractivity contribution in [1.82, 2.24) is 4.31 Å². The lowest BCUT2D eigenvalue weighted by Gasteiger charge is -2.30. The number of hydrogen-bond donors (Lipinski definition) is 1. The average molecular weight is 476 g/mol. The third kappa shape index (κ3) is 5.60. The molecule has 0 bridgehead atoms. The van der Waals surface area contributed by atoms with Gasteiger partial charge in [0.2, 0.25) is 15.9 Å². The molecule has 170 valence electrons. The third-order valence-electron chi connectivity index (χ3n) is 5.22. The number of benzene rings is 2. The van der Waals surface area contributed by atoms with Crippen LogP contribution in [0.2, 0.25) is 5.02 Å². The molecule has 1 aliphatic heterocycles. The molecule has 2 aromatic carbocycles. The maximum absolute atomic E-state index is 12.9. The lowest BCUT2D eigenvalue weighted by Crippen LogP contribution is -2.41. The summed E-state index contributed by atoms with van der Waals surface area (Å²) >= 11 is 6.26. The molecule has 1 fully saturated rings. The number of sulfonamides is 1. The normalized spacial score (nSPS) is 15.3. The van der Waals surface area contributed by atoms with E-state index in [2.05, 4.69) is 5.32 Å². The number of nitriles is 1. The number of carbonyl (C=O) groups is 1. The Morgan fingerprint density at radius 3 is 2.56 bits per heavy atom. The van der Waals surface area contributed by atoms with Crippen molar-refractivity contribution in [3.63, 3.8) is 0 Å². The average Bonchev–Trinajstić information content (AvgIpc) is 2.78. The van der Waals surface area contributed by atoms with Crippen LogP contribution in [-0.2, 0) is 14.8 Å². The van der Waals surface area contributed by atoms with Crippen LogP contribution in [0.5, 0.6) is 5.75 Å². The number of rotatable bonds is 7. The highest BCUT2D eigenvalue weighted by Crippen LogP contribution is 2.30. The first kappa shape index (κ1) is 24.1. The first-order valence-corrected chi connectivity index (χ1v) is 12.3. The molecule has 1 aliphatic rings. The predicted molar refractivity (Wildman–Crippen MR) is 123 cm³/mol. The highest BCUT2D eigenvalue weighted by Gasteiger charge is 2.33. The van der Waals surface area contributed by atoms with Crippen molar-refractivity contribution in [2.45, 2.75) is 31.6 Å². The van der Waals surface area contributed by atoms with E-state index in [0.717, 1.165) is 0 Å². The van der Waals surface area contributed by atoms with Crippen LogP contribution in [0, 0.1) is 23.2 Å². The van der Waals surface area contributed by atoms with E-state index < -0.39 is 10.0 Å². The van der Waals surface area contributed by atoms with Gasteiger partial charge in [-0.05, 0) is 49.1 Å². The molecule has 1 N–H and O–H groups in total. The van der Waals surface area contributed by atoms with E-state index >= 15 is 0 Å². The van der Waals surface area contributed by atoms with Crippen LogP contribution >= 0.6 is 11.6 Å². The Hall–Kier alpha value is -2.60. The predicted octanol–water partition coefficient (Wildman–Crippen LogP) is 4.29. The van der Waals surface area contributed by atoms with Gasteiger partial charge in [-0.1, -0.05) is 37.6 Å². The fourth-order valence-corrected chi connectivity index (χ4v) is 5.32. The van der Waals surface area contributed by atoms with Gasteiger partial charge in [0.15, 0.2) is 0 Å². The van der Waals surface area contributed by atoms with Gasteiger partial charge >= 0.3 is 0 Å². The Morgan fingerprint density at radius 2 is 1.94 bits per heavy atom. The largest absolute Gasteiger partial charge is 0.492 e. The van der Waals surface area contributed by atoms with E-state index in [1.807, 2.05) is 19.9 Å². The molecule has 3 rings (SSSR count). The number of carbonyl (C=O) groups excluding carboxylic acids is 1. The van der Waals surface area contributed by atoms with Gasteiger partial charge in [-0.3, -0.25) is 4.79 Å². The minimum absolute atomic E-state index is 0.000168. The molecule has 2 aromatic rings. The quantitative estimate of drug-likeness (QED) is 0.644. The van der Waals surface area contributed by atoms with Gasteiger partial charge in [0.1, 0.15) is 11.8 Å². The van der Waals surface area contributed by atoms with Crippen molar-refractivity contribution in [3.8, 4) is 11.8 Å². The summed E-state index contributed by atoms with van der Waals surface area (Å²) in [6.45, 7) is 5.06. The monoisotopic (exact) mass is 475 g/mol. The lowest BCUT2D eigenvalue weighted by molar-refractivity contribution is -0.120. The molecule has 1 saturated heterocycles. The summed E-state index contributed by atoms with van der Waals surface area (Å²) in [5, 5.41) is 12.5. The first-order chi connectivity index (χ1) is 15.2. The molecule has 32 heavy (non-hydrogen) atoms. The number of nitrogens with one attached hydrogen (secondary N) is 1. The number of piperidine rings is 1. The smallest absolute Gasteiger partial charge is 0.244 e. The van der Waals surface area contributed by atoms with E-state index in [1.54, 1.807) is 30.3 Å². The second kappa shape index (κ2) is 10.3. The van der Waals surface area contributed by atoms with Crippen LogP contribution < -0.4 is 10.1 Å². The summed E-state index contributed by atoms with van der Waals surface area (Å²) < 4.78 is 32.9. The van der Waals surface area contributed by atoms with E-state index in [1.165, 1.54) is 16.4 Å². The summed E-state index contributed by atoms with van der Waals surface area (Å²) in [7, 11) is -3.79. The fraction of sp³-hybridized carbons (Fsp3) is 0.391. The summed E-state index contributed by atoms with van der Waals surface area (Å²) in [4.78, 5) is 12.7. The Kier molecular flexibility index (Phi) is 7.77. The van der Waals surface area contributed by atoms with Gasteiger partial charge in [-0.2, -0.15) is 9.57 Å². The molecule has 0 saturated carbocycles. The summed E-state index contributed by atoms with van der Waals surface area (Å²) in [6, 6.07) is 13.2. The minimum atomic E-state index is -3.79. The maximum atomic E-state index is 12.9. The number of hydrogen-bond acceptors (Lipinski definition) is 5. The van der Waals surface area contributed by atoms with Crippen molar-refractivity contribution < 1.29 is 17.9 Å². The molecule has 0 spiro atoms. The Labute approximate surface area is 194 Å². The maximum Gasteiger partial charge on any atom is 0.244 e. The molecule has 0 atom stereocenters. The topological polar surface area (TPSA) is 99.5 Å². The number of anilines is 1. The summed E-state index contributed by atoms with van der Waals surface area (Å²) in [6.07, 6.45) is 0.784. The fourth-order valence-electron chi connectivity index (χ4n) is 3.48. The zero-order valence-corrected chi connectivity index (χ0v) is 19.6. The molecule has 0 radical (unpaired) electrons. The summed E-state index contributed by atoms with van der Waals surface area (Å²) in [5.41, 5.74) is 0.681. The van der Waals surface area contributed by atoms with Gasteiger partial charge in [-0.25, -0.2) is 8.42 Å². The molecule has 0 aromatic heterocycles. The van der Waals surface area contributed by atoms with Gasteiger partial charge in [0.25, 0.3) is 0 Å². The first-order valence-electron chi connectivity index (χ1n) is 10.4. The van der Waals surface area contributed by atoms with Crippen LogP contribution in [0.25, 0.3) is 0 Å². The van der Waals surface area contributed by atoms with E-state index in [-0.39, 0.29) is 35.4 Å². The molecule has 7 nitrogen and oxygen atoms in total. The Morgan fingerprint density at radius 1 is 1.25 bits per heavy atom.